The van der Waals surface area contributed by atoms with Crippen LogP contribution >= 0.6 is 0 Å². The SMILES string of the molecule is O=C1CC(C(F)(F)F)CCN1. The molecular weight excluding hydrogens is 159 g/mol. The van der Waals surface area contributed by atoms with E-state index in [1.54, 1.807) is 0 Å². The van der Waals surface area contributed by atoms with Crippen LogP contribution in [-0.2, 0) is 4.79 Å². The van der Waals surface area contributed by atoms with Crippen molar-refractivity contribution in [2.75, 3.05) is 6.54 Å². The van der Waals surface area contributed by atoms with Gasteiger partial charge in [0.2, 0.25) is 5.91 Å². The van der Waals surface area contributed by atoms with Gasteiger partial charge in [-0.3, -0.25) is 4.79 Å². The fourth-order valence-corrected chi connectivity index (χ4v) is 1.06. The highest BCUT2D eigenvalue weighted by molar-refractivity contribution is 5.76. The van der Waals surface area contributed by atoms with E-state index in [4.69, 9.17) is 0 Å². The lowest BCUT2D eigenvalue weighted by Crippen LogP contribution is -2.39. The first-order valence-electron chi connectivity index (χ1n) is 3.33. The molecule has 1 atom stereocenters. The quantitative estimate of drug-likeness (QED) is 0.574. The van der Waals surface area contributed by atoms with Crippen LogP contribution in [0.5, 0.6) is 0 Å². The number of rotatable bonds is 0. The van der Waals surface area contributed by atoms with E-state index in [0.29, 0.717) is 0 Å². The van der Waals surface area contributed by atoms with Crippen LogP contribution in [0, 0.1) is 5.92 Å². The van der Waals surface area contributed by atoms with Crippen LogP contribution in [0.25, 0.3) is 0 Å². The Morgan fingerprint density at radius 1 is 1.45 bits per heavy atom. The highest BCUT2D eigenvalue weighted by Gasteiger charge is 2.41. The maximum absolute atomic E-state index is 11.9. The van der Waals surface area contributed by atoms with Crippen molar-refractivity contribution in [2.45, 2.75) is 19.0 Å². The lowest BCUT2D eigenvalue weighted by Gasteiger charge is -2.23. The van der Waals surface area contributed by atoms with E-state index in [2.05, 4.69) is 5.32 Å². The minimum Gasteiger partial charge on any atom is -0.356 e. The van der Waals surface area contributed by atoms with E-state index in [1.807, 2.05) is 0 Å². The van der Waals surface area contributed by atoms with E-state index in [1.165, 1.54) is 0 Å². The normalized spacial score (nSPS) is 26.5. The van der Waals surface area contributed by atoms with Gasteiger partial charge in [-0.1, -0.05) is 0 Å². The third kappa shape index (κ3) is 2.10. The van der Waals surface area contributed by atoms with Crippen LogP contribution in [0.3, 0.4) is 0 Å². The maximum atomic E-state index is 11.9. The fourth-order valence-electron chi connectivity index (χ4n) is 1.06. The van der Waals surface area contributed by atoms with Crippen LogP contribution in [0.4, 0.5) is 13.2 Å². The Balaban J connectivity index is 2.53. The first-order valence-corrected chi connectivity index (χ1v) is 3.33. The average molecular weight is 167 g/mol. The highest BCUT2D eigenvalue weighted by atomic mass is 19.4. The molecule has 0 bridgehead atoms. The fraction of sp³-hybridized carbons (Fsp3) is 0.833. The first kappa shape index (κ1) is 8.36. The summed E-state index contributed by atoms with van der Waals surface area (Å²) in [4.78, 5) is 10.5. The summed E-state index contributed by atoms with van der Waals surface area (Å²) in [6.45, 7) is 0.142. The average Bonchev–Trinajstić information content (AvgIpc) is 1.86. The summed E-state index contributed by atoms with van der Waals surface area (Å²) in [6, 6.07) is 0. The monoisotopic (exact) mass is 167 g/mol. The molecule has 64 valence electrons. The predicted octanol–water partition coefficient (Wildman–Crippen LogP) is 1.07. The summed E-state index contributed by atoms with van der Waals surface area (Å²) in [6.07, 6.45) is -4.61. The minimum absolute atomic E-state index is 0.00917. The maximum Gasteiger partial charge on any atom is 0.392 e. The lowest BCUT2D eigenvalue weighted by molar-refractivity contribution is -0.183. The van der Waals surface area contributed by atoms with Crippen LogP contribution < -0.4 is 5.32 Å². The molecule has 1 rings (SSSR count). The van der Waals surface area contributed by atoms with Gasteiger partial charge in [0, 0.05) is 13.0 Å². The number of hydrogen-bond acceptors (Lipinski definition) is 1. The first-order chi connectivity index (χ1) is 5.00. The second-order valence-corrected chi connectivity index (χ2v) is 2.58. The zero-order valence-electron chi connectivity index (χ0n) is 5.74. The molecule has 2 nitrogen and oxygen atoms in total. The number of carbonyl (C=O) groups is 1. The van der Waals surface area contributed by atoms with Gasteiger partial charge in [0.15, 0.2) is 0 Å². The Morgan fingerprint density at radius 3 is 2.45 bits per heavy atom. The Kier molecular flexibility index (Phi) is 2.06. The van der Waals surface area contributed by atoms with Crippen LogP contribution in [0.1, 0.15) is 12.8 Å². The topological polar surface area (TPSA) is 29.1 Å². The minimum atomic E-state index is -4.21. The third-order valence-corrected chi connectivity index (χ3v) is 1.71. The second-order valence-electron chi connectivity index (χ2n) is 2.58. The van der Waals surface area contributed by atoms with Gasteiger partial charge in [0.05, 0.1) is 5.92 Å². The number of carbonyl (C=O) groups excluding carboxylic acids is 1. The van der Waals surface area contributed by atoms with E-state index < -0.39 is 24.4 Å². The summed E-state index contributed by atoms with van der Waals surface area (Å²) >= 11 is 0. The number of nitrogens with one attached hydrogen (secondary N) is 1. The molecule has 1 amide bonds. The molecular formula is C6H8F3NO. The largest absolute Gasteiger partial charge is 0.392 e. The summed E-state index contributed by atoms with van der Waals surface area (Å²) < 4.78 is 35.8. The van der Waals surface area contributed by atoms with E-state index in [0.717, 1.165) is 0 Å². The number of piperidine rings is 1. The molecule has 0 radical (unpaired) electrons. The molecule has 0 spiro atoms. The van der Waals surface area contributed by atoms with Crippen molar-refractivity contribution >= 4 is 5.91 Å². The van der Waals surface area contributed by atoms with Gasteiger partial charge in [-0.15, -0.1) is 0 Å². The number of hydrogen-bond donors (Lipinski definition) is 1. The molecule has 0 aromatic rings. The van der Waals surface area contributed by atoms with Crippen LogP contribution in [-0.4, -0.2) is 18.6 Å². The highest BCUT2D eigenvalue weighted by Crippen LogP contribution is 2.32. The Morgan fingerprint density at radius 2 is 2.09 bits per heavy atom. The van der Waals surface area contributed by atoms with Crippen molar-refractivity contribution in [1.29, 1.82) is 0 Å². The van der Waals surface area contributed by atoms with Crippen molar-refractivity contribution in [2.24, 2.45) is 5.92 Å². The van der Waals surface area contributed by atoms with Crippen molar-refractivity contribution in [3.05, 3.63) is 0 Å². The van der Waals surface area contributed by atoms with Gasteiger partial charge in [-0.05, 0) is 6.42 Å². The second kappa shape index (κ2) is 2.71. The standard InChI is InChI=1S/C6H8F3NO/c7-6(8,9)4-1-2-10-5(11)3-4/h4H,1-3H2,(H,10,11). The van der Waals surface area contributed by atoms with Gasteiger partial charge >= 0.3 is 6.18 Å². The van der Waals surface area contributed by atoms with Gasteiger partial charge in [0.1, 0.15) is 0 Å². The molecule has 0 saturated carbocycles. The van der Waals surface area contributed by atoms with Crippen molar-refractivity contribution in [1.82, 2.24) is 5.32 Å². The Labute approximate surface area is 61.8 Å². The van der Waals surface area contributed by atoms with Crippen molar-refractivity contribution in [3.63, 3.8) is 0 Å². The Hall–Kier alpha value is -0.740. The molecule has 0 aromatic carbocycles. The molecule has 1 saturated heterocycles. The zero-order chi connectivity index (χ0) is 8.48. The summed E-state index contributed by atoms with van der Waals surface area (Å²) in [5.74, 6) is -1.94. The molecule has 5 heteroatoms. The van der Waals surface area contributed by atoms with Crippen molar-refractivity contribution in [3.8, 4) is 0 Å². The van der Waals surface area contributed by atoms with Crippen LogP contribution in [0.2, 0.25) is 0 Å². The van der Waals surface area contributed by atoms with Crippen molar-refractivity contribution < 1.29 is 18.0 Å². The number of halogens is 3. The molecule has 0 aliphatic carbocycles. The van der Waals surface area contributed by atoms with E-state index in [-0.39, 0.29) is 13.0 Å². The van der Waals surface area contributed by atoms with Crippen LogP contribution in [0.15, 0.2) is 0 Å². The summed E-state index contributed by atoms with van der Waals surface area (Å²) in [5.41, 5.74) is 0. The van der Waals surface area contributed by atoms with Gasteiger partial charge in [-0.2, -0.15) is 13.2 Å². The number of amides is 1. The molecule has 11 heavy (non-hydrogen) atoms. The van der Waals surface area contributed by atoms with E-state index >= 15 is 0 Å². The third-order valence-electron chi connectivity index (χ3n) is 1.71. The molecule has 1 N–H and O–H groups in total. The zero-order valence-corrected chi connectivity index (χ0v) is 5.74. The van der Waals surface area contributed by atoms with Gasteiger partial charge < -0.3 is 5.32 Å². The van der Waals surface area contributed by atoms with Gasteiger partial charge in [0.25, 0.3) is 0 Å². The Bertz CT molecular complexity index is 166. The molecule has 1 heterocycles. The van der Waals surface area contributed by atoms with E-state index in [9.17, 15) is 18.0 Å². The molecule has 0 aromatic heterocycles. The molecule has 1 aliphatic heterocycles. The smallest absolute Gasteiger partial charge is 0.356 e. The molecule has 1 unspecified atom stereocenters. The summed E-state index contributed by atoms with van der Waals surface area (Å²) in [5, 5.41) is 2.35. The molecule has 1 aliphatic rings. The lowest BCUT2D eigenvalue weighted by atomic mass is 9.97. The predicted molar refractivity (Wildman–Crippen MR) is 31.8 cm³/mol. The van der Waals surface area contributed by atoms with Gasteiger partial charge in [-0.25, -0.2) is 0 Å². The molecule has 1 fully saturated rings. The summed E-state index contributed by atoms with van der Waals surface area (Å²) in [7, 11) is 0. The number of alkyl halides is 3.